The van der Waals surface area contributed by atoms with Gasteiger partial charge in [0.2, 0.25) is 0 Å². The summed E-state index contributed by atoms with van der Waals surface area (Å²) < 4.78 is 22.1. The second kappa shape index (κ2) is 7.97. The second-order valence-corrected chi connectivity index (χ2v) is 5.39. The lowest BCUT2D eigenvalue weighted by Crippen LogP contribution is -2.39. The lowest BCUT2D eigenvalue weighted by atomic mass is 10.1. The molecule has 2 atom stereocenters. The van der Waals surface area contributed by atoms with Gasteiger partial charge in [-0.15, -0.1) is 0 Å². The zero-order chi connectivity index (χ0) is 14.3. The third kappa shape index (κ3) is 5.45. The van der Waals surface area contributed by atoms with E-state index in [9.17, 15) is 9.36 Å². The molecular formula is C13H20NO4P. The summed E-state index contributed by atoms with van der Waals surface area (Å²) in [6, 6.07) is 8.20. The van der Waals surface area contributed by atoms with Crippen LogP contribution in [-0.2, 0) is 14.1 Å². The molecule has 0 amide bonds. The predicted octanol–water partition coefficient (Wildman–Crippen LogP) is 2.63. The van der Waals surface area contributed by atoms with Gasteiger partial charge in [0.15, 0.2) is 0 Å². The zero-order valence-electron chi connectivity index (χ0n) is 11.4. The first-order valence-corrected chi connectivity index (χ1v) is 7.56. The Balaban J connectivity index is 2.59. The van der Waals surface area contributed by atoms with Crippen molar-refractivity contribution in [1.82, 2.24) is 5.09 Å². The van der Waals surface area contributed by atoms with Crippen molar-refractivity contribution in [2.24, 2.45) is 5.92 Å². The fourth-order valence-corrected chi connectivity index (χ4v) is 2.60. The van der Waals surface area contributed by atoms with E-state index in [1.807, 2.05) is 19.9 Å². The summed E-state index contributed by atoms with van der Waals surface area (Å²) in [6.45, 7) is 5.74. The fraction of sp³-hybridized carbons (Fsp3) is 0.462. The van der Waals surface area contributed by atoms with Crippen LogP contribution in [0.4, 0.5) is 0 Å². The van der Waals surface area contributed by atoms with Gasteiger partial charge in [-0.3, -0.25) is 9.36 Å². The number of ether oxygens (including phenoxy) is 1. The van der Waals surface area contributed by atoms with Crippen LogP contribution < -0.4 is 9.61 Å². The normalized spacial score (nSPS) is 13.9. The molecule has 0 spiro atoms. The van der Waals surface area contributed by atoms with Crippen LogP contribution in [0.15, 0.2) is 30.3 Å². The topological polar surface area (TPSA) is 64.6 Å². The molecule has 0 heterocycles. The minimum absolute atomic E-state index is 0.0348. The number of rotatable bonds is 7. The van der Waals surface area contributed by atoms with Crippen molar-refractivity contribution in [2.45, 2.75) is 26.8 Å². The van der Waals surface area contributed by atoms with E-state index in [1.165, 1.54) is 0 Å². The Morgan fingerprint density at radius 1 is 1.32 bits per heavy atom. The number of carbonyl (C=O) groups excluding carboxylic acids is 1. The number of carbonyl (C=O) groups is 1. The van der Waals surface area contributed by atoms with Crippen LogP contribution in [0.1, 0.15) is 20.8 Å². The average molecular weight is 285 g/mol. The first kappa shape index (κ1) is 15.7. The van der Waals surface area contributed by atoms with Crippen LogP contribution >= 0.6 is 8.18 Å². The number of hydrogen-bond donors (Lipinski definition) is 1. The predicted molar refractivity (Wildman–Crippen MR) is 74.5 cm³/mol. The number of para-hydroxylation sites is 1. The van der Waals surface area contributed by atoms with Gasteiger partial charge in [-0.1, -0.05) is 32.0 Å². The molecular weight excluding hydrogens is 265 g/mol. The van der Waals surface area contributed by atoms with Gasteiger partial charge < -0.3 is 9.26 Å². The van der Waals surface area contributed by atoms with Crippen LogP contribution in [0.5, 0.6) is 5.75 Å². The molecule has 5 nitrogen and oxygen atoms in total. The molecule has 1 N–H and O–H groups in total. The molecule has 6 heteroatoms. The van der Waals surface area contributed by atoms with E-state index in [0.29, 0.717) is 12.4 Å². The summed E-state index contributed by atoms with van der Waals surface area (Å²) >= 11 is 0. The molecule has 2 unspecified atom stereocenters. The molecule has 0 radical (unpaired) electrons. The zero-order valence-corrected chi connectivity index (χ0v) is 12.4. The minimum atomic E-state index is -2.55. The minimum Gasteiger partial charge on any atom is -0.465 e. The second-order valence-electron chi connectivity index (χ2n) is 4.32. The summed E-state index contributed by atoms with van der Waals surface area (Å²) in [5.74, 6) is 0.0603. The highest BCUT2D eigenvalue weighted by molar-refractivity contribution is 7.37. The first-order chi connectivity index (χ1) is 9.04. The van der Waals surface area contributed by atoms with Crippen molar-refractivity contribution in [1.29, 1.82) is 0 Å². The van der Waals surface area contributed by atoms with Crippen molar-refractivity contribution >= 4 is 14.1 Å². The summed E-state index contributed by atoms with van der Waals surface area (Å²) in [7, 11) is -2.55. The lowest BCUT2D eigenvalue weighted by molar-refractivity contribution is -0.146. The smallest absolute Gasteiger partial charge is 0.323 e. The first-order valence-electron chi connectivity index (χ1n) is 6.24. The molecule has 19 heavy (non-hydrogen) atoms. The van der Waals surface area contributed by atoms with E-state index in [-0.39, 0.29) is 5.92 Å². The third-order valence-corrected chi connectivity index (χ3v) is 3.40. The van der Waals surface area contributed by atoms with Gasteiger partial charge in [-0.2, -0.15) is 0 Å². The van der Waals surface area contributed by atoms with Gasteiger partial charge in [0.25, 0.3) is 0 Å². The molecule has 0 bridgehead atoms. The van der Waals surface area contributed by atoms with Crippen molar-refractivity contribution < 1.29 is 18.6 Å². The van der Waals surface area contributed by atoms with Crippen molar-refractivity contribution in [3.63, 3.8) is 0 Å². The van der Waals surface area contributed by atoms with E-state index >= 15 is 0 Å². The van der Waals surface area contributed by atoms with Gasteiger partial charge in [-0.05, 0) is 25.0 Å². The molecule has 1 aromatic carbocycles. The van der Waals surface area contributed by atoms with Gasteiger partial charge in [0.1, 0.15) is 11.8 Å². The Morgan fingerprint density at radius 3 is 2.47 bits per heavy atom. The highest BCUT2D eigenvalue weighted by Gasteiger charge is 2.25. The molecule has 1 rings (SSSR count). The van der Waals surface area contributed by atoms with Crippen LogP contribution in [-0.4, -0.2) is 18.6 Å². The summed E-state index contributed by atoms with van der Waals surface area (Å²) in [5.41, 5.74) is 0. The molecule has 1 aromatic rings. The Morgan fingerprint density at radius 2 is 1.95 bits per heavy atom. The number of esters is 1. The van der Waals surface area contributed by atoms with Crippen LogP contribution in [0.25, 0.3) is 0 Å². The Hall–Kier alpha value is -1.32. The maximum Gasteiger partial charge on any atom is 0.323 e. The fourth-order valence-electron chi connectivity index (χ4n) is 1.48. The summed E-state index contributed by atoms with van der Waals surface area (Å²) in [6.07, 6.45) is 0. The van der Waals surface area contributed by atoms with E-state index in [0.717, 1.165) is 0 Å². The molecule has 0 saturated carbocycles. The Bertz CT molecular complexity index is 422. The third-order valence-electron chi connectivity index (χ3n) is 2.43. The molecule has 0 aliphatic heterocycles. The molecule has 0 fully saturated rings. The standard InChI is InChI=1S/C13H20NO4P/c1-4-17-13(15)12(10(2)3)14-19(16)18-11-8-6-5-7-9-11/h5-10,12,19H,4H2,1-3H3,(H,14,16). The summed E-state index contributed by atoms with van der Waals surface area (Å²) in [5, 5.41) is 2.70. The van der Waals surface area contributed by atoms with E-state index < -0.39 is 20.2 Å². The Kier molecular flexibility index (Phi) is 6.60. The van der Waals surface area contributed by atoms with Crippen LogP contribution in [0, 0.1) is 5.92 Å². The van der Waals surface area contributed by atoms with Crippen molar-refractivity contribution in [2.75, 3.05) is 6.61 Å². The highest BCUT2D eigenvalue weighted by atomic mass is 31.1. The number of nitrogens with one attached hydrogen (secondary N) is 1. The molecule has 0 aliphatic carbocycles. The molecule has 0 aromatic heterocycles. The van der Waals surface area contributed by atoms with Gasteiger partial charge >= 0.3 is 14.1 Å². The lowest BCUT2D eigenvalue weighted by Gasteiger charge is -2.20. The maximum atomic E-state index is 11.9. The van der Waals surface area contributed by atoms with Crippen LogP contribution in [0.2, 0.25) is 0 Å². The van der Waals surface area contributed by atoms with Crippen LogP contribution in [0.3, 0.4) is 0 Å². The van der Waals surface area contributed by atoms with E-state index in [2.05, 4.69) is 5.09 Å². The number of hydrogen-bond acceptors (Lipinski definition) is 4. The van der Waals surface area contributed by atoms with E-state index in [4.69, 9.17) is 9.26 Å². The Labute approximate surface area is 114 Å². The van der Waals surface area contributed by atoms with Crippen molar-refractivity contribution in [3.05, 3.63) is 30.3 Å². The average Bonchev–Trinajstić information content (AvgIpc) is 2.37. The molecule has 0 saturated heterocycles. The SMILES string of the molecule is CCOC(=O)C(N[PH](=O)Oc1ccccc1)C(C)C. The maximum absolute atomic E-state index is 11.9. The summed E-state index contributed by atoms with van der Waals surface area (Å²) in [4.78, 5) is 11.7. The van der Waals surface area contributed by atoms with Crippen molar-refractivity contribution in [3.8, 4) is 5.75 Å². The largest absolute Gasteiger partial charge is 0.465 e. The van der Waals surface area contributed by atoms with Gasteiger partial charge in [-0.25, -0.2) is 5.09 Å². The van der Waals surface area contributed by atoms with Gasteiger partial charge in [0.05, 0.1) is 6.61 Å². The number of benzene rings is 1. The molecule has 0 aliphatic rings. The quantitative estimate of drug-likeness (QED) is 0.616. The highest BCUT2D eigenvalue weighted by Crippen LogP contribution is 2.24. The monoisotopic (exact) mass is 285 g/mol. The molecule has 106 valence electrons. The van der Waals surface area contributed by atoms with E-state index in [1.54, 1.807) is 31.2 Å². The van der Waals surface area contributed by atoms with Gasteiger partial charge in [0, 0.05) is 0 Å².